The number of benzene rings is 3. The van der Waals surface area contributed by atoms with Gasteiger partial charge in [-0.1, -0.05) is 41.1 Å². The molecule has 0 amide bonds. The number of hydrogen-bond donors (Lipinski definition) is 0. The fourth-order valence-corrected chi connectivity index (χ4v) is 3.54. The first-order valence-corrected chi connectivity index (χ1v) is 9.43. The topological polar surface area (TPSA) is 18.5 Å². The molecule has 0 aliphatic carbocycles. The summed E-state index contributed by atoms with van der Waals surface area (Å²) < 4.78 is 49.3. The second-order valence-corrected chi connectivity index (χ2v) is 7.50. The highest BCUT2D eigenvalue weighted by atomic mass is 35.5. The van der Waals surface area contributed by atoms with Gasteiger partial charge >= 0.3 is 6.18 Å². The summed E-state index contributed by atoms with van der Waals surface area (Å²) in [5, 5.41) is -0.119. The molecule has 3 rings (SSSR count). The highest BCUT2D eigenvalue weighted by molar-refractivity contribution is 7.99. The van der Waals surface area contributed by atoms with Gasteiger partial charge in [0.1, 0.15) is 17.2 Å². The van der Waals surface area contributed by atoms with Crippen LogP contribution in [-0.2, 0) is 6.18 Å². The molecule has 0 unspecified atom stereocenters. The lowest BCUT2D eigenvalue weighted by molar-refractivity contribution is -0.137. The second kappa shape index (κ2) is 8.37. The molecule has 0 aromatic heterocycles. The Morgan fingerprint density at radius 1 is 0.893 bits per heavy atom. The average Bonchev–Trinajstić information content (AvgIpc) is 2.65. The Kier molecular flexibility index (Phi) is 6.10. The Bertz CT molecular complexity index is 972. The van der Waals surface area contributed by atoms with Gasteiger partial charge in [0.25, 0.3) is 0 Å². The number of methoxy groups -OCH3 is 1. The monoisotopic (exact) mass is 424 g/mol. The summed E-state index contributed by atoms with van der Waals surface area (Å²) in [5.41, 5.74) is 0.348. The normalized spacial score (nSPS) is 11.4. The third-order valence-corrected chi connectivity index (χ3v) is 5.23. The van der Waals surface area contributed by atoms with Crippen molar-refractivity contribution in [2.75, 3.05) is 7.11 Å². The van der Waals surface area contributed by atoms with Crippen LogP contribution in [0.15, 0.2) is 70.5 Å². The molecule has 0 saturated heterocycles. The molecule has 146 valence electrons. The van der Waals surface area contributed by atoms with Crippen LogP contribution in [0.4, 0.5) is 13.2 Å². The van der Waals surface area contributed by atoms with Crippen LogP contribution in [0.2, 0.25) is 5.02 Å². The minimum atomic E-state index is -4.46. The van der Waals surface area contributed by atoms with E-state index in [2.05, 4.69) is 0 Å². The zero-order valence-electron chi connectivity index (χ0n) is 15.0. The van der Waals surface area contributed by atoms with E-state index in [9.17, 15) is 13.2 Å². The lowest BCUT2D eigenvalue weighted by Gasteiger charge is -2.13. The van der Waals surface area contributed by atoms with E-state index in [0.717, 1.165) is 21.9 Å². The predicted octanol–water partition coefficient (Wildman–Crippen LogP) is 7.62. The molecular formula is C21H16ClF3O2S. The Labute approximate surface area is 170 Å². The van der Waals surface area contributed by atoms with Crippen LogP contribution in [0.5, 0.6) is 17.2 Å². The largest absolute Gasteiger partial charge is 0.495 e. The summed E-state index contributed by atoms with van der Waals surface area (Å²) >= 11 is 7.49. The van der Waals surface area contributed by atoms with Crippen LogP contribution in [0, 0.1) is 6.92 Å². The first-order chi connectivity index (χ1) is 13.3. The van der Waals surface area contributed by atoms with E-state index >= 15 is 0 Å². The Balaban J connectivity index is 1.81. The maximum atomic E-state index is 12.8. The van der Waals surface area contributed by atoms with Crippen LogP contribution >= 0.6 is 23.4 Å². The molecule has 0 saturated carbocycles. The molecule has 28 heavy (non-hydrogen) atoms. The van der Waals surface area contributed by atoms with E-state index in [0.29, 0.717) is 11.5 Å². The van der Waals surface area contributed by atoms with E-state index in [4.69, 9.17) is 21.1 Å². The van der Waals surface area contributed by atoms with Gasteiger partial charge in [-0.25, -0.2) is 0 Å². The Morgan fingerprint density at radius 3 is 2.21 bits per heavy atom. The average molecular weight is 425 g/mol. The summed E-state index contributed by atoms with van der Waals surface area (Å²) in [6.45, 7) is 2.02. The standard InChI is InChI=1S/C21H16ClF3O2S/c1-13-3-7-16(8-4-13)28-20-10-6-15(12-19(20)26-2)27-18-9-5-14(11-17(18)22)21(23,24)25/h3-12H,1-2H3. The van der Waals surface area contributed by atoms with Gasteiger partial charge < -0.3 is 9.47 Å². The van der Waals surface area contributed by atoms with E-state index in [1.54, 1.807) is 19.2 Å². The van der Waals surface area contributed by atoms with Gasteiger partial charge in [0.05, 0.1) is 22.6 Å². The van der Waals surface area contributed by atoms with Crippen molar-refractivity contribution in [2.45, 2.75) is 22.9 Å². The molecule has 2 nitrogen and oxygen atoms in total. The molecule has 0 bridgehead atoms. The molecule has 0 radical (unpaired) electrons. The number of hydrogen-bond acceptors (Lipinski definition) is 3. The molecule has 0 heterocycles. The third kappa shape index (κ3) is 4.94. The summed E-state index contributed by atoms with van der Waals surface area (Å²) in [7, 11) is 1.55. The zero-order chi connectivity index (χ0) is 20.3. The van der Waals surface area contributed by atoms with Gasteiger partial charge in [0, 0.05) is 11.0 Å². The van der Waals surface area contributed by atoms with Crippen molar-refractivity contribution in [1.82, 2.24) is 0 Å². The van der Waals surface area contributed by atoms with Crippen molar-refractivity contribution in [1.29, 1.82) is 0 Å². The predicted molar refractivity (Wildman–Crippen MR) is 105 cm³/mol. The minimum absolute atomic E-state index is 0.119. The van der Waals surface area contributed by atoms with Crippen LogP contribution < -0.4 is 9.47 Å². The second-order valence-electron chi connectivity index (χ2n) is 5.97. The van der Waals surface area contributed by atoms with Crippen LogP contribution in [-0.4, -0.2) is 7.11 Å². The van der Waals surface area contributed by atoms with Crippen molar-refractivity contribution in [3.63, 3.8) is 0 Å². The van der Waals surface area contributed by atoms with Crippen LogP contribution in [0.3, 0.4) is 0 Å². The van der Waals surface area contributed by atoms with E-state index in [1.807, 2.05) is 37.3 Å². The first-order valence-electron chi connectivity index (χ1n) is 8.23. The first kappa shape index (κ1) is 20.4. The van der Waals surface area contributed by atoms with Crippen LogP contribution in [0.1, 0.15) is 11.1 Å². The van der Waals surface area contributed by atoms with E-state index < -0.39 is 11.7 Å². The molecule has 0 aliphatic heterocycles. The van der Waals surface area contributed by atoms with Crippen molar-refractivity contribution in [3.8, 4) is 17.2 Å². The van der Waals surface area contributed by atoms with E-state index in [-0.39, 0.29) is 10.8 Å². The van der Waals surface area contributed by atoms with Gasteiger partial charge in [0.2, 0.25) is 0 Å². The zero-order valence-corrected chi connectivity index (χ0v) is 16.6. The SMILES string of the molecule is COc1cc(Oc2ccc(C(F)(F)F)cc2Cl)ccc1Sc1ccc(C)cc1. The van der Waals surface area contributed by atoms with Crippen molar-refractivity contribution >= 4 is 23.4 Å². The molecular weight excluding hydrogens is 409 g/mol. The van der Waals surface area contributed by atoms with Crippen LogP contribution in [0.25, 0.3) is 0 Å². The van der Waals surface area contributed by atoms with Crippen molar-refractivity contribution in [2.24, 2.45) is 0 Å². The number of alkyl halides is 3. The summed E-state index contributed by atoms with van der Waals surface area (Å²) in [5.74, 6) is 1.13. The van der Waals surface area contributed by atoms with E-state index in [1.165, 1.54) is 23.4 Å². The summed E-state index contributed by atoms with van der Waals surface area (Å²) in [6, 6.07) is 16.3. The Hall–Kier alpha value is -2.31. The molecule has 0 aliphatic rings. The molecule has 7 heteroatoms. The fourth-order valence-electron chi connectivity index (χ4n) is 2.42. The van der Waals surface area contributed by atoms with Gasteiger partial charge in [-0.05, 0) is 49.4 Å². The number of aryl methyl sites for hydroxylation is 1. The lowest BCUT2D eigenvalue weighted by atomic mass is 10.2. The lowest BCUT2D eigenvalue weighted by Crippen LogP contribution is -2.04. The molecule has 3 aromatic rings. The fraction of sp³-hybridized carbons (Fsp3) is 0.143. The highest BCUT2D eigenvalue weighted by Crippen LogP contribution is 2.40. The third-order valence-electron chi connectivity index (χ3n) is 3.87. The van der Waals surface area contributed by atoms with Gasteiger partial charge in [-0.3, -0.25) is 0 Å². The molecule has 0 spiro atoms. The summed E-state index contributed by atoms with van der Waals surface area (Å²) in [6.07, 6.45) is -4.46. The number of rotatable bonds is 5. The molecule has 3 aromatic carbocycles. The van der Waals surface area contributed by atoms with Gasteiger partial charge in [-0.15, -0.1) is 0 Å². The highest BCUT2D eigenvalue weighted by Gasteiger charge is 2.31. The van der Waals surface area contributed by atoms with Gasteiger partial charge in [-0.2, -0.15) is 13.2 Å². The smallest absolute Gasteiger partial charge is 0.416 e. The quantitative estimate of drug-likeness (QED) is 0.419. The molecule has 0 atom stereocenters. The molecule has 0 N–H and O–H groups in total. The maximum Gasteiger partial charge on any atom is 0.416 e. The number of ether oxygens (including phenoxy) is 2. The maximum absolute atomic E-state index is 12.8. The molecule has 0 fully saturated rings. The van der Waals surface area contributed by atoms with Crippen molar-refractivity contribution < 1.29 is 22.6 Å². The van der Waals surface area contributed by atoms with Gasteiger partial charge in [0.15, 0.2) is 0 Å². The Morgan fingerprint density at radius 2 is 1.61 bits per heavy atom. The minimum Gasteiger partial charge on any atom is -0.495 e. The number of halogens is 4. The summed E-state index contributed by atoms with van der Waals surface area (Å²) in [4.78, 5) is 1.94. The van der Waals surface area contributed by atoms with Crippen molar-refractivity contribution in [3.05, 3.63) is 76.8 Å².